The van der Waals surface area contributed by atoms with Crippen LogP contribution in [-0.4, -0.2) is 22.5 Å². The van der Waals surface area contributed by atoms with Crippen LogP contribution < -0.4 is 5.32 Å². The number of nitro groups is 1. The summed E-state index contributed by atoms with van der Waals surface area (Å²) in [6.07, 6.45) is 1.73. The van der Waals surface area contributed by atoms with E-state index in [9.17, 15) is 14.9 Å². The number of carbonyl (C=O) groups excluding carboxylic acids is 1. The van der Waals surface area contributed by atoms with Gasteiger partial charge in [0, 0.05) is 41.2 Å². The molecule has 2 aromatic rings. The van der Waals surface area contributed by atoms with Crippen LogP contribution in [0.1, 0.15) is 37.4 Å². The lowest BCUT2D eigenvalue weighted by atomic mass is 9.79. The van der Waals surface area contributed by atoms with E-state index in [0.29, 0.717) is 22.5 Å². The summed E-state index contributed by atoms with van der Waals surface area (Å²) in [6, 6.07) is 13.6. The molecule has 1 atom stereocenters. The van der Waals surface area contributed by atoms with Gasteiger partial charge in [-0.25, -0.2) is 4.79 Å². The predicted molar refractivity (Wildman–Crippen MR) is 110 cm³/mol. The van der Waals surface area contributed by atoms with Crippen molar-refractivity contribution < 1.29 is 14.5 Å². The molecule has 1 aliphatic heterocycles. The van der Waals surface area contributed by atoms with Crippen molar-refractivity contribution in [3.8, 4) is 6.07 Å². The van der Waals surface area contributed by atoms with Crippen molar-refractivity contribution in [1.29, 1.82) is 5.26 Å². The Morgan fingerprint density at radius 3 is 2.73 bits per heavy atom. The molecule has 0 spiro atoms. The van der Waals surface area contributed by atoms with Crippen molar-refractivity contribution in [1.82, 2.24) is 10.3 Å². The highest BCUT2D eigenvalue weighted by molar-refractivity contribution is 5.97. The van der Waals surface area contributed by atoms with Crippen molar-refractivity contribution in [3.63, 3.8) is 0 Å². The van der Waals surface area contributed by atoms with Gasteiger partial charge < -0.3 is 10.1 Å². The number of pyridine rings is 1. The third kappa shape index (κ3) is 4.20. The Balaban J connectivity index is 2.17. The molecule has 0 amide bonds. The summed E-state index contributed by atoms with van der Waals surface area (Å²) in [4.78, 5) is 28.3. The Hall–Kier alpha value is -3.99. The molecule has 0 fully saturated rings. The molecule has 2 heterocycles. The van der Waals surface area contributed by atoms with Crippen LogP contribution in [0.25, 0.3) is 5.57 Å². The van der Waals surface area contributed by atoms with Crippen molar-refractivity contribution >= 4 is 17.2 Å². The van der Waals surface area contributed by atoms with Gasteiger partial charge in [-0.3, -0.25) is 15.1 Å². The minimum Gasteiger partial charge on any atom is -0.461 e. The zero-order valence-corrected chi connectivity index (χ0v) is 16.6. The minimum atomic E-state index is -0.615. The van der Waals surface area contributed by atoms with E-state index in [1.165, 1.54) is 12.1 Å². The van der Waals surface area contributed by atoms with E-state index in [2.05, 4.69) is 10.3 Å². The largest absolute Gasteiger partial charge is 0.461 e. The van der Waals surface area contributed by atoms with Gasteiger partial charge in [0.15, 0.2) is 0 Å². The number of carbonyl (C=O) groups is 1. The number of benzene rings is 1. The predicted octanol–water partition coefficient (Wildman–Crippen LogP) is 3.84. The van der Waals surface area contributed by atoms with E-state index in [1.807, 2.05) is 25.1 Å². The van der Waals surface area contributed by atoms with E-state index in [1.54, 1.807) is 31.3 Å². The van der Waals surface area contributed by atoms with Crippen molar-refractivity contribution in [3.05, 3.63) is 87.0 Å². The van der Waals surface area contributed by atoms with Crippen molar-refractivity contribution in [2.75, 3.05) is 6.61 Å². The van der Waals surface area contributed by atoms with E-state index >= 15 is 0 Å². The topological polar surface area (TPSA) is 118 Å². The molecule has 1 aliphatic rings. The van der Waals surface area contributed by atoms with E-state index in [0.717, 1.165) is 11.3 Å². The van der Waals surface area contributed by atoms with Gasteiger partial charge in [0.25, 0.3) is 5.69 Å². The van der Waals surface area contributed by atoms with Crippen molar-refractivity contribution in [2.24, 2.45) is 0 Å². The maximum atomic E-state index is 13.0. The van der Waals surface area contributed by atoms with Crippen LogP contribution in [0.15, 0.2) is 65.6 Å². The molecule has 3 rings (SSSR count). The SMILES string of the molecule is CC1=C(C(=O)OCCC#N)C(c2cccc([N+](=O)[O-])c2)C(c2ccccn2)=C(C)N1. The van der Waals surface area contributed by atoms with Gasteiger partial charge in [-0.05, 0) is 31.5 Å². The van der Waals surface area contributed by atoms with Gasteiger partial charge in [0.1, 0.15) is 6.61 Å². The van der Waals surface area contributed by atoms with Gasteiger partial charge >= 0.3 is 5.97 Å². The molecule has 30 heavy (non-hydrogen) atoms. The number of hydrogen-bond donors (Lipinski definition) is 1. The van der Waals surface area contributed by atoms with Crippen LogP contribution in [0.2, 0.25) is 0 Å². The monoisotopic (exact) mass is 404 g/mol. The molecular formula is C22H20N4O4. The molecule has 8 heteroatoms. The maximum Gasteiger partial charge on any atom is 0.336 e. The lowest BCUT2D eigenvalue weighted by molar-refractivity contribution is -0.384. The molecule has 0 bridgehead atoms. The number of dihydropyridines is 1. The van der Waals surface area contributed by atoms with Gasteiger partial charge in [-0.2, -0.15) is 5.26 Å². The number of non-ortho nitro benzene ring substituents is 1. The molecule has 152 valence electrons. The number of rotatable bonds is 6. The van der Waals surface area contributed by atoms with Crippen LogP contribution in [0.5, 0.6) is 0 Å². The summed E-state index contributed by atoms with van der Waals surface area (Å²) >= 11 is 0. The Morgan fingerprint density at radius 2 is 2.07 bits per heavy atom. The number of nitro benzene ring substituents is 1. The van der Waals surface area contributed by atoms with Crippen LogP contribution in [0.4, 0.5) is 5.69 Å². The normalized spacial score (nSPS) is 16.0. The van der Waals surface area contributed by atoms with Gasteiger partial charge in [-0.15, -0.1) is 0 Å². The van der Waals surface area contributed by atoms with Crippen LogP contribution >= 0.6 is 0 Å². The summed E-state index contributed by atoms with van der Waals surface area (Å²) < 4.78 is 5.31. The van der Waals surface area contributed by atoms with E-state index in [4.69, 9.17) is 10.00 Å². The first-order chi connectivity index (χ1) is 14.4. The maximum absolute atomic E-state index is 13.0. The lowest BCUT2D eigenvalue weighted by Gasteiger charge is -2.31. The van der Waals surface area contributed by atoms with Gasteiger partial charge in [-0.1, -0.05) is 18.2 Å². The standard InChI is InChI=1S/C22H20N4O4/c1-14-19(18-9-3-4-11-24-18)21(16-7-5-8-17(13-16)26(28)29)20(15(2)25-14)22(27)30-12-6-10-23/h3-5,7-9,11,13,21,25H,6,12H2,1-2H3. The first-order valence-corrected chi connectivity index (χ1v) is 9.32. The molecule has 0 aliphatic carbocycles. The number of nitriles is 1. The molecule has 8 nitrogen and oxygen atoms in total. The highest BCUT2D eigenvalue weighted by atomic mass is 16.6. The molecule has 1 unspecified atom stereocenters. The summed E-state index contributed by atoms with van der Waals surface area (Å²) in [5.41, 5.74) is 3.60. The summed E-state index contributed by atoms with van der Waals surface area (Å²) in [5.74, 6) is -1.19. The number of esters is 1. The van der Waals surface area contributed by atoms with Crippen LogP contribution in [-0.2, 0) is 9.53 Å². The zero-order chi connectivity index (χ0) is 21.7. The summed E-state index contributed by atoms with van der Waals surface area (Å²) in [7, 11) is 0. The molecule has 0 radical (unpaired) electrons. The highest BCUT2D eigenvalue weighted by Crippen LogP contribution is 2.43. The molecule has 1 aromatic carbocycles. The Kier molecular flexibility index (Phi) is 6.23. The van der Waals surface area contributed by atoms with Gasteiger partial charge in [0.05, 0.1) is 28.7 Å². The summed E-state index contributed by atoms with van der Waals surface area (Å²) in [5, 5.41) is 23.3. The molecule has 1 N–H and O–H groups in total. The summed E-state index contributed by atoms with van der Waals surface area (Å²) in [6.45, 7) is 3.59. The molecular weight excluding hydrogens is 384 g/mol. The minimum absolute atomic E-state index is 0.0324. The number of ether oxygens (including phenoxy) is 1. The Morgan fingerprint density at radius 1 is 1.27 bits per heavy atom. The second kappa shape index (κ2) is 9.01. The number of nitrogens with zero attached hydrogens (tertiary/aromatic N) is 3. The average Bonchev–Trinajstić information content (AvgIpc) is 2.74. The zero-order valence-electron chi connectivity index (χ0n) is 16.6. The first kappa shape index (κ1) is 20.7. The third-order valence-electron chi connectivity index (χ3n) is 4.78. The fraction of sp³-hybridized carbons (Fsp3) is 0.227. The fourth-order valence-corrected chi connectivity index (χ4v) is 3.54. The second-order valence-corrected chi connectivity index (χ2v) is 6.75. The Bertz CT molecular complexity index is 1080. The fourth-order valence-electron chi connectivity index (χ4n) is 3.54. The number of hydrogen-bond acceptors (Lipinski definition) is 7. The van der Waals surface area contributed by atoms with Crippen LogP contribution in [0, 0.1) is 21.4 Å². The number of allylic oxidation sites excluding steroid dienone is 3. The Labute approximate surface area is 173 Å². The first-order valence-electron chi connectivity index (χ1n) is 9.32. The third-order valence-corrected chi connectivity index (χ3v) is 4.78. The van der Waals surface area contributed by atoms with Crippen LogP contribution in [0.3, 0.4) is 0 Å². The van der Waals surface area contributed by atoms with Gasteiger partial charge in [0.2, 0.25) is 0 Å². The van der Waals surface area contributed by atoms with Crippen molar-refractivity contribution in [2.45, 2.75) is 26.2 Å². The molecule has 0 saturated carbocycles. The lowest BCUT2D eigenvalue weighted by Crippen LogP contribution is -2.29. The highest BCUT2D eigenvalue weighted by Gasteiger charge is 2.35. The van der Waals surface area contributed by atoms with E-state index < -0.39 is 16.8 Å². The molecule has 0 saturated heterocycles. The smallest absolute Gasteiger partial charge is 0.336 e. The molecule has 1 aromatic heterocycles. The number of nitrogens with one attached hydrogen (secondary N) is 1. The second-order valence-electron chi connectivity index (χ2n) is 6.75. The average molecular weight is 404 g/mol. The van der Waals surface area contributed by atoms with E-state index in [-0.39, 0.29) is 18.7 Å². The quantitative estimate of drug-likeness (QED) is 0.336. The number of aromatic nitrogens is 1.